The zero-order valence-corrected chi connectivity index (χ0v) is 15.4. The molecule has 0 bridgehead atoms. The molecule has 0 spiro atoms. The summed E-state index contributed by atoms with van der Waals surface area (Å²) in [6.07, 6.45) is 5.04. The number of amides is 1. The number of hydrogen-bond donors (Lipinski definition) is 1. The Morgan fingerprint density at radius 2 is 2.04 bits per heavy atom. The number of furan rings is 1. The van der Waals surface area contributed by atoms with Gasteiger partial charge in [0.1, 0.15) is 5.69 Å². The number of nitrogens with zero attached hydrogens (tertiary/aromatic N) is 4. The van der Waals surface area contributed by atoms with Crippen molar-refractivity contribution in [2.75, 3.05) is 5.32 Å². The van der Waals surface area contributed by atoms with Gasteiger partial charge in [0.15, 0.2) is 10.4 Å². The fraction of sp³-hybridized carbons (Fsp3) is 0.0556. The Bertz CT molecular complexity index is 1080. The molecule has 4 rings (SSSR count). The highest BCUT2D eigenvalue weighted by atomic mass is 79.9. The summed E-state index contributed by atoms with van der Waals surface area (Å²) >= 11 is 3.18. The molecule has 8 nitrogen and oxygen atoms in total. The molecule has 0 fully saturated rings. The van der Waals surface area contributed by atoms with E-state index in [0.717, 1.165) is 5.56 Å². The summed E-state index contributed by atoms with van der Waals surface area (Å²) in [5.41, 5.74) is 1.98. The van der Waals surface area contributed by atoms with Gasteiger partial charge in [-0.25, -0.2) is 4.98 Å². The van der Waals surface area contributed by atoms with Crippen LogP contribution < -0.4 is 5.32 Å². The fourth-order valence-corrected chi connectivity index (χ4v) is 2.73. The summed E-state index contributed by atoms with van der Waals surface area (Å²) in [6.45, 7) is 0. The molecule has 27 heavy (non-hydrogen) atoms. The Hall–Kier alpha value is -3.33. The third-order valence-electron chi connectivity index (χ3n) is 3.66. The molecule has 4 aromatic rings. The van der Waals surface area contributed by atoms with E-state index in [1.165, 1.54) is 0 Å². The van der Waals surface area contributed by atoms with Gasteiger partial charge in [0, 0.05) is 18.1 Å². The van der Waals surface area contributed by atoms with Crippen LogP contribution in [0.2, 0.25) is 0 Å². The number of para-hydroxylation sites is 1. The third-order valence-corrected chi connectivity index (χ3v) is 4.09. The molecule has 3 aromatic heterocycles. The van der Waals surface area contributed by atoms with Gasteiger partial charge in [-0.3, -0.25) is 9.78 Å². The number of nitrogens with one attached hydrogen (secondary N) is 1. The zero-order chi connectivity index (χ0) is 18.6. The van der Waals surface area contributed by atoms with Gasteiger partial charge in [-0.2, -0.15) is 4.98 Å². The van der Waals surface area contributed by atoms with Gasteiger partial charge in [0.2, 0.25) is 11.7 Å². The van der Waals surface area contributed by atoms with Crippen LogP contribution in [0.3, 0.4) is 0 Å². The minimum absolute atomic E-state index is 0.208. The lowest BCUT2D eigenvalue weighted by Gasteiger charge is -2.08. The van der Waals surface area contributed by atoms with Crippen molar-refractivity contribution < 1.29 is 13.7 Å². The second-order valence-electron chi connectivity index (χ2n) is 5.49. The number of benzene rings is 1. The SMILES string of the molecule is O=C(Nc1ccccc1Cc1nc(-c2cnccn2)no1)c1ccc(Br)o1. The maximum Gasteiger partial charge on any atom is 0.291 e. The smallest absolute Gasteiger partial charge is 0.291 e. The van der Waals surface area contributed by atoms with Crippen molar-refractivity contribution in [1.82, 2.24) is 20.1 Å². The van der Waals surface area contributed by atoms with E-state index in [-0.39, 0.29) is 11.7 Å². The maximum atomic E-state index is 12.3. The largest absolute Gasteiger partial charge is 0.444 e. The van der Waals surface area contributed by atoms with Crippen LogP contribution in [-0.2, 0) is 6.42 Å². The van der Waals surface area contributed by atoms with Crippen molar-refractivity contribution in [1.29, 1.82) is 0 Å². The monoisotopic (exact) mass is 425 g/mol. The molecular weight excluding hydrogens is 414 g/mol. The van der Waals surface area contributed by atoms with Crippen LogP contribution in [0.1, 0.15) is 22.0 Å². The summed E-state index contributed by atoms with van der Waals surface area (Å²) in [4.78, 5) is 24.8. The van der Waals surface area contributed by atoms with Gasteiger partial charge in [-0.1, -0.05) is 23.4 Å². The molecule has 0 aliphatic rings. The predicted molar refractivity (Wildman–Crippen MR) is 98.9 cm³/mol. The van der Waals surface area contributed by atoms with Gasteiger partial charge >= 0.3 is 0 Å². The Morgan fingerprint density at radius 3 is 2.81 bits per heavy atom. The number of halogens is 1. The minimum atomic E-state index is -0.348. The van der Waals surface area contributed by atoms with Crippen LogP contribution in [0.5, 0.6) is 0 Å². The first-order chi connectivity index (χ1) is 13.2. The van der Waals surface area contributed by atoms with Crippen molar-refractivity contribution in [3.8, 4) is 11.5 Å². The number of carbonyl (C=O) groups excluding carboxylic acids is 1. The Balaban J connectivity index is 1.53. The number of anilines is 1. The van der Waals surface area contributed by atoms with Crippen molar-refractivity contribution in [3.63, 3.8) is 0 Å². The predicted octanol–water partition coefficient (Wildman–Crippen LogP) is 3.73. The number of hydrogen-bond acceptors (Lipinski definition) is 7. The van der Waals surface area contributed by atoms with Crippen LogP contribution >= 0.6 is 15.9 Å². The average molecular weight is 426 g/mol. The Kier molecular flexibility index (Phi) is 4.75. The lowest BCUT2D eigenvalue weighted by molar-refractivity contribution is 0.0995. The molecule has 1 N–H and O–H groups in total. The van der Waals surface area contributed by atoms with Crippen LogP contribution in [0, 0.1) is 0 Å². The molecule has 0 saturated carbocycles. The van der Waals surface area contributed by atoms with E-state index in [9.17, 15) is 4.79 Å². The van der Waals surface area contributed by atoms with Gasteiger partial charge in [0.05, 0.1) is 12.6 Å². The summed E-state index contributed by atoms with van der Waals surface area (Å²) < 4.78 is 11.1. The summed E-state index contributed by atoms with van der Waals surface area (Å²) in [5.74, 6) is 0.622. The lowest BCUT2D eigenvalue weighted by atomic mass is 10.1. The van der Waals surface area contributed by atoms with Gasteiger partial charge in [-0.15, -0.1) is 0 Å². The first-order valence-corrected chi connectivity index (χ1v) is 8.72. The lowest BCUT2D eigenvalue weighted by Crippen LogP contribution is -2.12. The average Bonchev–Trinajstić information content (AvgIpc) is 3.33. The number of carbonyl (C=O) groups is 1. The normalized spacial score (nSPS) is 10.7. The van der Waals surface area contributed by atoms with Crippen molar-refractivity contribution in [3.05, 3.63) is 76.9 Å². The van der Waals surface area contributed by atoms with Gasteiger partial charge in [0.25, 0.3) is 5.91 Å². The van der Waals surface area contributed by atoms with E-state index < -0.39 is 0 Å². The summed E-state index contributed by atoms with van der Waals surface area (Å²) in [5, 5.41) is 6.76. The Morgan fingerprint density at radius 1 is 1.15 bits per heavy atom. The van der Waals surface area contributed by atoms with Crippen molar-refractivity contribution in [2.24, 2.45) is 0 Å². The molecule has 1 amide bonds. The molecule has 0 aliphatic carbocycles. The highest BCUT2D eigenvalue weighted by Crippen LogP contribution is 2.22. The molecule has 0 aliphatic heterocycles. The summed E-state index contributed by atoms with van der Waals surface area (Å²) in [6, 6.07) is 10.6. The molecule has 3 heterocycles. The molecule has 134 valence electrons. The van der Waals surface area contributed by atoms with Gasteiger partial charge < -0.3 is 14.3 Å². The van der Waals surface area contributed by atoms with E-state index in [4.69, 9.17) is 8.94 Å². The molecule has 0 saturated heterocycles. The van der Waals surface area contributed by atoms with Crippen LogP contribution in [0.4, 0.5) is 5.69 Å². The molecule has 1 aromatic carbocycles. The van der Waals surface area contributed by atoms with E-state index in [0.29, 0.717) is 34.2 Å². The first kappa shape index (κ1) is 17.1. The second-order valence-corrected chi connectivity index (χ2v) is 6.28. The maximum absolute atomic E-state index is 12.3. The van der Waals surface area contributed by atoms with E-state index in [1.54, 1.807) is 36.8 Å². The molecule has 0 radical (unpaired) electrons. The zero-order valence-electron chi connectivity index (χ0n) is 13.8. The van der Waals surface area contributed by atoms with Crippen molar-refractivity contribution in [2.45, 2.75) is 6.42 Å². The molecular formula is C18H12BrN5O3. The van der Waals surface area contributed by atoms with E-state index in [2.05, 4.69) is 41.4 Å². The van der Waals surface area contributed by atoms with Crippen LogP contribution in [0.15, 0.2) is 68.6 Å². The fourth-order valence-electron chi connectivity index (χ4n) is 2.42. The van der Waals surface area contributed by atoms with E-state index >= 15 is 0 Å². The number of aromatic nitrogens is 4. The quantitative estimate of drug-likeness (QED) is 0.518. The minimum Gasteiger partial charge on any atom is -0.444 e. The highest BCUT2D eigenvalue weighted by molar-refractivity contribution is 9.10. The third kappa shape index (κ3) is 3.93. The van der Waals surface area contributed by atoms with E-state index in [1.807, 2.05) is 18.2 Å². The van der Waals surface area contributed by atoms with Crippen LogP contribution in [0.25, 0.3) is 11.5 Å². The summed E-state index contributed by atoms with van der Waals surface area (Å²) in [7, 11) is 0. The Labute approximate surface area is 161 Å². The van der Waals surface area contributed by atoms with Crippen LogP contribution in [-0.4, -0.2) is 26.0 Å². The van der Waals surface area contributed by atoms with Gasteiger partial charge in [-0.05, 0) is 39.7 Å². The second kappa shape index (κ2) is 7.50. The molecule has 0 unspecified atom stereocenters. The highest BCUT2D eigenvalue weighted by Gasteiger charge is 2.15. The number of rotatable bonds is 5. The standard InChI is InChI=1S/C18H12BrN5O3/c19-15-6-5-14(26-15)18(25)22-12-4-2-1-3-11(12)9-16-23-17(24-27-16)13-10-20-7-8-21-13/h1-8,10H,9H2,(H,22,25). The topological polar surface area (TPSA) is 107 Å². The first-order valence-electron chi connectivity index (χ1n) is 7.92. The van der Waals surface area contributed by atoms with Crippen molar-refractivity contribution >= 4 is 27.5 Å². The molecule has 9 heteroatoms. The molecule has 0 atom stereocenters.